The van der Waals surface area contributed by atoms with Crippen molar-refractivity contribution in [2.24, 2.45) is 0 Å². The van der Waals surface area contributed by atoms with Crippen LogP contribution in [-0.2, 0) is 14.2 Å². The highest BCUT2D eigenvalue weighted by atomic mass is 16.7. The number of aromatic amines is 1. The van der Waals surface area contributed by atoms with Crippen LogP contribution in [0.15, 0.2) is 21.9 Å². The third kappa shape index (κ3) is 3.45. The molecule has 0 amide bonds. The van der Waals surface area contributed by atoms with E-state index < -0.39 is 67.0 Å². The molecule has 2 aliphatic rings. The number of nitrogens with zero attached hydrogens (tertiary/aromatic N) is 1. The zero-order chi connectivity index (χ0) is 19.0. The molecule has 0 unspecified atom stereocenters. The van der Waals surface area contributed by atoms with E-state index in [-0.39, 0.29) is 6.61 Å². The zero-order valence-electron chi connectivity index (χ0n) is 13.4. The number of aliphatic hydroxyl groups excluding tert-OH is 5. The van der Waals surface area contributed by atoms with E-state index in [0.29, 0.717) is 0 Å². The van der Waals surface area contributed by atoms with E-state index in [1.54, 1.807) is 0 Å². The van der Waals surface area contributed by atoms with Gasteiger partial charge in [-0.15, -0.1) is 0 Å². The number of rotatable bonds is 5. The monoisotopic (exact) mass is 376 g/mol. The first-order valence-electron chi connectivity index (χ1n) is 7.90. The van der Waals surface area contributed by atoms with E-state index in [9.17, 15) is 30.0 Å². The second kappa shape index (κ2) is 7.54. The Kier molecular flexibility index (Phi) is 5.55. The van der Waals surface area contributed by atoms with E-state index in [0.717, 1.165) is 16.8 Å². The number of hydrogen-bond donors (Lipinski definition) is 6. The lowest BCUT2D eigenvalue weighted by atomic mass is 10.1. The van der Waals surface area contributed by atoms with Crippen molar-refractivity contribution in [3.8, 4) is 0 Å². The SMILES string of the molecule is O=c1ccn([C@@H]2O[C@H](CO[C@H]3O[C@@H](CO)[C@H](O)[C@H]3O)[C@@H](O)[C@H]2O)c(=O)[nH]1. The van der Waals surface area contributed by atoms with Crippen molar-refractivity contribution in [1.29, 1.82) is 0 Å². The van der Waals surface area contributed by atoms with Crippen LogP contribution < -0.4 is 11.2 Å². The van der Waals surface area contributed by atoms with Crippen LogP contribution in [0.3, 0.4) is 0 Å². The predicted molar refractivity (Wildman–Crippen MR) is 81.0 cm³/mol. The Morgan fingerprint density at radius 1 is 1.04 bits per heavy atom. The first-order valence-corrected chi connectivity index (χ1v) is 7.90. The molecule has 0 aromatic carbocycles. The normalized spacial score (nSPS) is 40.2. The lowest BCUT2D eigenvalue weighted by molar-refractivity contribution is -0.190. The molecule has 3 heterocycles. The summed E-state index contributed by atoms with van der Waals surface area (Å²) in [5.41, 5.74) is -1.44. The smallest absolute Gasteiger partial charge is 0.330 e. The largest absolute Gasteiger partial charge is 0.394 e. The fourth-order valence-corrected chi connectivity index (χ4v) is 2.92. The summed E-state index contributed by atoms with van der Waals surface area (Å²) in [6.07, 6.45) is -9.12. The van der Waals surface area contributed by atoms with Gasteiger partial charge in [-0.3, -0.25) is 14.3 Å². The van der Waals surface area contributed by atoms with Gasteiger partial charge in [0.15, 0.2) is 12.5 Å². The van der Waals surface area contributed by atoms with Gasteiger partial charge in [0, 0.05) is 12.3 Å². The summed E-state index contributed by atoms with van der Waals surface area (Å²) < 4.78 is 16.8. The number of aromatic nitrogens is 2. The molecule has 0 bridgehead atoms. The molecule has 2 fully saturated rings. The first-order chi connectivity index (χ1) is 12.3. The van der Waals surface area contributed by atoms with Crippen LogP contribution in [0.25, 0.3) is 0 Å². The molecule has 0 aliphatic carbocycles. The van der Waals surface area contributed by atoms with E-state index in [1.807, 2.05) is 4.98 Å². The number of ether oxygens (including phenoxy) is 3. The summed E-state index contributed by atoms with van der Waals surface area (Å²) >= 11 is 0. The third-order valence-corrected chi connectivity index (χ3v) is 4.39. The van der Waals surface area contributed by atoms with E-state index in [1.165, 1.54) is 0 Å². The Labute approximate surface area is 145 Å². The maximum absolute atomic E-state index is 11.8. The maximum Gasteiger partial charge on any atom is 0.330 e. The maximum atomic E-state index is 11.8. The van der Waals surface area contributed by atoms with Crippen LogP contribution in [0, 0.1) is 0 Å². The quantitative estimate of drug-likeness (QED) is 0.293. The summed E-state index contributed by atoms with van der Waals surface area (Å²) in [5.74, 6) is 0. The van der Waals surface area contributed by atoms with Gasteiger partial charge >= 0.3 is 5.69 Å². The number of hydrogen-bond acceptors (Lipinski definition) is 10. The Morgan fingerprint density at radius 3 is 2.35 bits per heavy atom. The number of H-pyrrole nitrogens is 1. The second-order valence-electron chi connectivity index (χ2n) is 6.10. The Morgan fingerprint density at radius 2 is 1.73 bits per heavy atom. The van der Waals surface area contributed by atoms with Crippen molar-refractivity contribution in [2.75, 3.05) is 13.2 Å². The molecule has 2 aliphatic heterocycles. The Hall–Kier alpha value is -1.64. The van der Waals surface area contributed by atoms with Gasteiger partial charge in [-0.1, -0.05) is 0 Å². The first kappa shape index (κ1) is 19.1. The van der Waals surface area contributed by atoms with Gasteiger partial charge in [0.05, 0.1) is 13.2 Å². The number of aliphatic hydroxyl groups is 5. The average molecular weight is 376 g/mol. The van der Waals surface area contributed by atoms with Gasteiger partial charge < -0.3 is 39.7 Å². The van der Waals surface area contributed by atoms with E-state index in [2.05, 4.69) is 0 Å². The third-order valence-electron chi connectivity index (χ3n) is 4.39. The zero-order valence-corrected chi connectivity index (χ0v) is 13.4. The van der Waals surface area contributed by atoms with E-state index >= 15 is 0 Å². The lowest BCUT2D eigenvalue weighted by Gasteiger charge is -2.20. The van der Waals surface area contributed by atoms with Crippen molar-refractivity contribution in [2.45, 2.75) is 49.1 Å². The van der Waals surface area contributed by atoms with Gasteiger partial charge in [0.1, 0.15) is 36.6 Å². The molecule has 12 heteroatoms. The molecule has 12 nitrogen and oxygen atoms in total. The van der Waals surface area contributed by atoms with Crippen molar-refractivity contribution in [3.63, 3.8) is 0 Å². The summed E-state index contributed by atoms with van der Waals surface area (Å²) in [4.78, 5) is 24.9. The average Bonchev–Trinajstić information content (AvgIpc) is 3.04. The molecule has 146 valence electrons. The van der Waals surface area contributed by atoms with Crippen molar-refractivity contribution >= 4 is 0 Å². The van der Waals surface area contributed by atoms with Gasteiger partial charge in [-0.25, -0.2) is 4.79 Å². The van der Waals surface area contributed by atoms with Crippen molar-refractivity contribution in [1.82, 2.24) is 9.55 Å². The fourth-order valence-electron chi connectivity index (χ4n) is 2.92. The van der Waals surface area contributed by atoms with Crippen LogP contribution in [0.2, 0.25) is 0 Å². The minimum Gasteiger partial charge on any atom is -0.394 e. The summed E-state index contributed by atoms with van der Waals surface area (Å²) in [5, 5.41) is 48.7. The molecule has 1 aromatic heterocycles. The highest BCUT2D eigenvalue weighted by molar-refractivity contribution is 4.93. The molecule has 0 spiro atoms. The predicted octanol–water partition coefficient (Wildman–Crippen LogP) is -4.39. The summed E-state index contributed by atoms with van der Waals surface area (Å²) in [6.45, 7) is -0.851. The molecule has 3 rings (SSSR count). The molecule has 6 N–H and O–H groups in total. The van der Waals surface area contributed by atoms with Crippen LogP contribution in [0.4, 0.5) is 0 Å². The summed E-state index contributed by atoms with van der Waals surface area (Å²) in [7, 11) is 0. The Bertz CT molecular complexity index is 735. The molecule has 2 saturated heterocycles. The van der Waals surface area contributed by atoms with Crippen LogP contribution in [0.1, 0.15) is 6.23 Å². The Balaban J connectivity index is 1.65. The van der Waals surface area contributed by atoms with Crippen molar-refractivity contribution in [3.05, 3.63) is 33.1 Å². The topological polar surface area (TPSA) is 184 Å². The highest BCUT2D eigenvalue weighted by Gasteiger charge is 2.47. The number of nitrogens with one attached hydrogen (secondary N) is 1. The molecular weight excluding hydrogens is 356 g/mol. The minimum absolute atomic E-state index is 0.334. The van der Waals surface area contributed by atoms with Gasteiger partial charge in [0.25, 0.3) is 5.56 Å². The minimum atomic E-state index is -1.47. The van der Waals surface area contributed by atoms with Gasteiger partial charge in [-0.05, 0) is 0 Å². The van der Waals surface area contributed by atoms with Crippen LogP contribution >= 0.6 is 0 Å². The van der Waals surface area contributed by atoms with Crippen LogP contribution in [-0.4, -0.2) is 91.2 Å². The molecule has 26 heavy (non-hydrogen) atoms. The molecular formula is C14H20N2O10. The lowest BCUT2D eigenvalue weighted by Crippen LogP contribution is -2.38. The summed E-state index contributed by atoms with van der Waals surface area (Å²) in [6, 6.07) is 1.06. The molecule has 0 radical (unpaired) electrons. The highest BCUT2D eigenvalue weighted by Crippen LogP contribution is 2.29. The fraction of sp³-hybridized carbons (Fsp3) is 0.714. The standard InChI is InChI=1S/C14H20N2O10/c17-3-5-8(19)11(22)13(26-5)24-4-6-9(20)10(21)12(25-6)16-2-1-7(18)15-14(16)23/h1-2,5-6,8-13,17,19-22H,3-4H2,(H,15,18,23)/t5-,6+,8-,9+,10+,11+,12+,13-/m0/s1. The molecule has 1 aromatic rings. The van der Waals surface area contributed by atoms with Crippen LogP contribution in [0.5, 0.6) is 0 Å². The molecule has 8 atom stereocenters. The van der Waals surface area contributed by atoms with E-state index in [4.69, 9.17) is 19.3 Å². The van der Waals surface area contributed by atoms with Gasteiger partial charge in [0.2, 0.25) is 0 Å². The molecule has 0 saturated carbocycles. The van der Waals surface area contributed by atoms with Crippen molar-refractivity contribution < 1.29 is 39.7 Å². The second-order valence-corrected chi connectivity index (χ2v) is 6.10. The van der Waals surface area contributed by atoms with Gasteiger partial charge in [-0.2, -0.15) is 0 Å².